The van der Waals surface area contributed by atoms with Crippen molar-refractivity contribution in [1.29, 1.82) is 0 Å². The summed E-state index contributed by atoms with van der Waals surface area (Å²) in [5, 5.41) is 17.5. The highest BCUT2D eigenvalue weighted by atomic mass is 19.1. The number of aliphatic hydroxyl groups excluding tert-OH is 1. The summed E-state index contributed by atoms with van der Waals surface area (Å²) in [6.07, 6.45) is 6.39. The molecule has 240 valence electrons. The van der Waals surface area contributed by atoms with Gasteiger partial charge >= 0.3 is 0 Å². The van der Waals surface area contributed by atoms with E-state index in [0.29, 0.717) is 36.0 Å². The molecule has 1 saturated carbocycles. The Balaban J connectivity index is 1.31. The molecule has 4 aromatic rings. The van der Waals surface area contributed by atoms with Crippen LogP contribution in [0.5, 0.6) is 0 Å². The molecule has 1 aromatic carbocycles. The number of rotatable bonds is 8. The monoisotopic (exact) mass is 616 g/mol. The topological polar surface area (TPSA) is 104 Å². The molecule has 1 amide bonds. The number of carbonyl (C=O) groups is 1. The van der Waals surface area contributed by atoms with Crippen LogP contribution in [-0.2, 0) is 7.05 Å². The molecule has 0 atom stereocenters. The first-order valence-corrected chi connectivity index (χ1v) is 16.1. The standard InChI is InChI=1S/C34H45FN8O2/c1-21-18-27(31(35)32(37-21)28-20-36-41(5)22(28)2)33(45)39-34-38-29-11-6-24(23-12-14-42(15-13-23)17-16-40(3)4)19-30(29)43(34)25-7-9-26(44)10-8-25/h6,11,18-20,23,25-26,44H,7-10,12-17H2,1-5H3,(H,38,39,45). The summed E-state index contributed by atoms with van der Waals surface area (Å²) in [6.45, 7) is 7.90. The van der Waals surface area contributed by atoms with Gasteiger partial charge in [-0.25, -0.2) is 14.4 Å². The third-order valence-electron chi connectivity index (χ3n) is 9.71. The van der Waals surface area contributed by atoms with Crippen molar-refractivity contribution in [3.05, 3.63) is 58.8 Å². The number of amides is 1. The lowest BCUT2D eigenvalue weighted by atomic mass is 9.89. The Labute approximate surface area is 264 Å². The van der Waals surface area contributed by atoms with Gasteiger partial charge in [0.25, 0.3) is 5.91 Å². The van der Waals surface area contributed by atoms with Crippen molar-refractivity contribution in [2.75, 3.05) is 45.6 Å². The number of halogens is 1. The van der Waals surface area contributed by atoms with E-state index in [-0.39, 0.29) is 23.4 Å². The number of pyridine rings is 1. The molecule has 0 radical (unpaired) electrons. The summed E-state index contributed by atoms with van der Waals surface area (Å²) >= 11 is 0. The normalized spacial score (nSPS) is 19.9. The number of carbonyl (C=O) groups excluding carboxylic acids is 1. The highest BCUT2D eigenvalue weighted by Gasteiger charge is 2.29. The Bertz CT molecular complexity index is 1680. The summed E-state index contributed by atoms with van der Waals surface area (Å²) < 4.78 is 19.7. The van der Waals surface area contributed by atoms with Crippen LogP contribution in [0.2, 0.25) is 0 Å². The number of aromatic nitrogens is 5. The van der Waals surface area contributed by atoms with Crippen LogP contribution < -0.4 is 5.32 Å². The van der Waals surface area contributed by atoms with Crippen LogP contribution in [0.25, 0.3) is 22.3 Å². The number of hydrogen-bond acceptors (Lipinski definition) is 7. The molecule has 2 aliphatic rings. The predicted molar refractivity (Wildman–Crippen MR) is 174 cm³/mol. The highest BCUT2D eigenvalue weighted by molar-refractivity contribution is 6.05. The van der Waals surface area contributed by atoms with Gasteiger partial charge in [-0.3, -0.25) is 14.8 Å². The van der Waals surface area contributed by atoms with E-state index in [4.69, 9.17) is 4.98 Å². The van der Waals surface area contributed by atoms with Gasteiger partial charge < -0.3 is 19.5 Å². The first kappa shape index (κ1) is 31.3. The summed E-state index contributed by atoms with van der Waals surface area (Å²) in [7, 11) is 6.02. The smallest absolute Gasteiger partial charge is 0.261 e. The van der Waals surface area contributed by atoms with Gasteiger partial charge in [-0.05, 0) is 109 Å². The number of likely N-dealkylation sites (tertiary alicyclic amines) is 1. The molecule has 3 aromatic heterocycles. The Morgan fingerprint density at radius 3 is 2.47 bits per heavy atom. The van der Waals surface area contributed by atoms with E-state index >= 15 is 4.39 Å². The highest BCUT2D eigenvalue weighted by Crippen LogP contribution is 2.37. The molecule has 6 rings (SSSR count). The maximum Gasteiger partial charge on any atom is 0.261 e. The number of nitrogens with zero attached hydrogens (tertiary/aromatic N) is 7. The van der Waals surface area contributed by atoms with Gasteiger partial charge in [-0.15, -0.1) is 0 Å². The van der Waals surface area contributed by atoms with E-state index < -0.39 is 11.7 Å². The molecule has 0 spiro atoms. The third kappa shape index (κ3) is 6.52. The predicted octanol–water partition coefficient (Wildman–Crippen LogP) is 5.06. The lowest BCUT2D eigenvalue weighted by Gasteiger charge is -2.33. The summed E-state index contributed by atoms with van der Waals surface area (Å²) in [5.74, 6) is -0.391. The first-order chi connectivity index (χ1) is 21.6. The Hall–Kier alpha value is -3.67. The molecular weight excluding hydrogens is 571 g/mol. The Morgan fingerprint density at radius 1 is 1.07 bits per heavy atom. The summed E-state index contributed by atoms with van der Waals surface area (Å²) in [4.78, 5) is 27.8. The maximum atomic E-state index is 15.9. The number of nitrogens with one attached hydrogen (secondary N) is 1. The van der Waals surface area contributed by atoms with Crippen molar-refractivity contribution in [3.8, 4) is 11.3 Å². The largest absolute Gasteiger partial charge is 0.393 e. The van der Waals surface area contributed by atoms with E-state index in [2.05, 4.69) is 56.0 Å². The zero-order valence-corrected chi connectivity index (χ0v) is 27.1. The fraction of sp³-hybridized carbons (Fsp3) is 0.529. The number of hydrogen-bond donors (Lipinski definition) is 2. The summed E-state index contributed by atoms with van der Waals surface area (Å²) in [5.41, 5.74) is 4.92. The van der Waals surface area contributed by atoms with E-state index in [1.807, 2.05) is 13.0 Å². The number of aliphatic hydroxyl groups is 1. The molecule has 0 unspecified atom stereocenters. The van der Waals surface area contributed by atoms with Crippen LogP contribution in [-0.4, -0.2) is 91.5 Å². The molecule has 4 heterocycles. The Morgan fingerprint density at radius 2 is 1.80 bits per heavy atom. The molecule has 2 N–H and O–H groups in total. The maximum absolute atomic E-state index is 15.9. The molecule has 0 bridgehead atoms. The molecule has 11 heteroatoms. The Kier molecular flexibility index (Phi) is 9.03. The van der Waals surface area contributed by atoms with Gasteiger partial charge in [-0.2, -0.15) is 5.10 Å². The zero-order valence-electron chi connectivity index (χ0n) is 27.1. The SMILES string of the molecule is Cc1cc(C(=O)Nc2nc3ccc(C4CCN(CCN(C)C)CC4)cc3n2C2CCC(O)CC2)c(F)c(-c2cnn(C)c2C)n1. The minimum absolute atomic E-state index is 0.0643. The number of aryl methyl sites for hydroxylation is 2. The van der Waals surface area contributed by atoms with E-state index in [1.54, 1.807) is 24.9 Å². The molecule has 45 heavy (non-hydrogen) atoms. The quantitative estimate of drug-likeness (QED) is 0.285. The number of piperidine rings is 1. The van der Waals surface area contributed by atoms with Gasteiger partial charge in [0.15, 0.2) is 5.82 Å². The number of benzene rings is 1. The van der Waals surface area contributed by atoms with Gasteiger partial charge in [0.05, 0.1) is 28.9 Å². The fourth-order valence-electron chi connectivity index (χ4n) is 6.87. The van der Waals surface area contributed by atoms with Crippen LogP contribution in [0.15, 0.2) is 30.5 Å². The minimum atomic E-state index is -0.683. The first-order valence-electron chi connectivity index (χ1n) is 16.1. The molecule has 1 saturated heterocycles. The van der Waals surface area contributed by atoms with E-state index in [9.17, 15) is 9.90 Å². The second-order valence-electron chi connectivity index (χ2n) is 13.1. The van der Waals surface area contributed by atoms with Crippen molar-refractivity contribution in [3.63, 3.8) is 0 Å². The average molecular weight is 617 g/mol. The van der Waals surface area contributed by atoms with Gasteiger partial charge in [0.2, 0.25) is 5.95 Å². The minimum Gasteiger partial charge on any atom is -0.393 e. The van der Waals surface area contributed by atoms with Crippen LogP contribution in [0.3, 0.4) is 0 Å². The number of likely N-dealkylation sites (N-methyl/N-ethyl adjacent to an activating group) is 1. The van der Waals surface area contributed by atoms with Gasteiger partial charge in [0.1, 0.15) is 5.69 Å². The lowest BCUT2D eigenvalue weighted by molar-refractivity contribution is 0.101. The molecule has 2 fully saturated rings. The van der Waals surface area contributed by atoms with Gasteiger partial charge in [0, 0.05) is 43.1 Å². The van der Waals surface area contributed by atoms with Crippen LogP contribution in [0.4, 0.5) is 10.3 Å². The third-order valence-corrected chi connectivity index (χ3v) is 9.71. The molecule has 1 aliphatic carbocycles. The lowest BCUT2D eigenvalue weighted by Crippen LogP contribution is -2.37. The van der Waals surface area contributed by atoms with Crippen molar-refractivity contribution in [2.45, 2.75) is 70.4 Å². The number of anilines is 1. The van der Waals surface area contributed by atoms with Crippen molar-refractivity contribution < 1.29 is 14.3 Å². The summed E-state index contributed by atoms with van der Waals surface area (Å²) in [6, 6.07) is 8.00. The van der Waals surface area contributed by atoms with Crippen LogP contribution in [0.1, 0.15) is 77.8 Å². The van der Waals surface area contributed by atoms with Crippen molar-refractivity contribution in [2.24, 2.45) is 7.05 Å². The zero-order chi connectivity index (χ0) is 31.8. The molecule has 1 aliphatic heterocycles. The number of fused-ring (bicyclic) bond motifs is 1. The van der Waals surface area contributed by atoms with E-state index in [0.717, 1.165) is 68.6 Å². The van der Waals surface area contributed by atoms with Crippen LogP contribution >= 0.6 is 0 Å². The second kappa shape index (κ2) is 13.0. The van der Waals surface area contributed by atoms with Crippen molar-refractivity contribution in [1.82, 2.24) is 34.1 Å². The fourth-order valence-corrected chi connectivity index (χ4v) is 6.87. The van der Waals surface area contributed by atoms with Gasteiger partial charge in [-0.1, -0.05) is 6.07 Å². The van der Waals surface area contributed by atoms with Crippen molar-refractivity contribution >= 4 is 22.9 Å². The average Bonchev–Trinajstić information content (AvgIpc) is 3.55. The second-order valence-corrected chi connectivity index (χ2v) is 13.1. The van der Waals surface area contributed by atoms with Crippen LogP contribution in [0, 0.1) is 19.7 Å². The molecular formula is C34H45FN8O2. The molecule has 10 nitrogen and oxygen atoms in total. The van der Waals surface area contributed by atoms with E-state index in [1.165, 1.54) is 11.6 Å². The number of imidazole rings is 1.